The highest BCUT2D eigenvalue weighted by Gasteiger charge is 2.16. The van der Waals surface area contributed by atoms with Crippen molar-refractivity contribution < 1.29 is 14.3 Å². The van der Waals surface area contributed by atoms with Gasteiger partial charge in [-0.15, -0.1) is 0 Å². The Labute approximate surface area is 127 Å². The molecule has 21 heavy (non-hydrogen) atoms. The van der Waals surface area contributed by atoms with E-state index in [1.165, 1.54) is 5.56 Å². The second-order valence-corrected chi connectivity index (χ2v) is 5.65. The molecule has 1 aromatic carbocycles. The van der Waals surface area contributed by atoms with Gasteiger partial charge < -0.3 is 14.8 Å². The Morgan fingerprint density at radius 3 is 2.62 bits per heavy atom. The molecule has 4 nitrogen and oxygen atoms in total. The van der Waals surface area contributed by atoms with Crippen LogP contribution in [-0.4, -0.2) is 37.9 Å². The van der Waals surface area contributed by atoms with Crippen LogP contribution in [0.15, 0.2) is 30.3 Å². The molecule has 0 aliphatic heterocycles. The maximum Gasteiger partial charge on any atom is 0.332 e. The van der Waals surface area contributed by atoms with E-state index in [0.717, 1.165) is 19.4 Å². The smallest absolute Gasteiger partial charge is 0.332 e. The third-order valence-electron chi connectivity index (χ3n) is 3.26. The minimum Gasteiger partial charge on any atom is -0.464 e. The lowest BCUT2D eigenvalue weighted by Crippen LogP contribution is -2.41. The van der Waals surface area contributed by atoms with Crippen molar-refractivity contribution in [1.82, 2.24) is 5.32 Å². The molecule has 4 heteroatoms. The van der Waals surface area contributed by atoms with E-state index in [2.05, 4.69) is 43.4 Å². The zero-order valence-corrected chi connectivity index (χ0v) is 13.4. The zero-order valence-electron chi connectivity index (χ0n) is 13.4. The second kappa shape index (κ2) is 9.53. The molecule has 0 fully saturated rings. The third-order valence-corrected chi connectivity index (χ3v) is 3.26. The Morgan fingerprint density at radius 2 is 1.95 bits per heavy atom. The van der Waals surface area contributed by atoms with Gasteiger partial charge in [0, 0.05) is 12.1 Å². The number of esters is 1. The van der Waals surface area contributed by atoms with E-state index >= 15 is 0 Å². The fraction of sp³-hybridized carbons (Fsp3) is 0.588. The highest BCUT2D eigenvalue weighted by molar-refractivity contribution is 5.70. The Bertz CT molecular complexity index is 404. The normalized spacial score (nSPS) is 11.4. The topological polar surface area (TPSA) is 47.6 Å². The summed E-state index contributed by atoms with van der Waals surface area (Å²) >= 11 is 0. The number of carbonyl (C=O) groups excluding carboxylic acids is 1. The lowest BCUT2D eigenvalue weighted by Gasteiger charge is -2.26. The maximum absolute atomic E-state index is 11.1. The van der Waals surface area contributed by atoms with Crippen molar-refractivity contribution in [3.05, 3.63) is 35.9 Å². The number of aryl methyl sites for hydroxylation is 1. The first-order valence-corrected chi connectivity index (χ1v) is 7.56. The lowest BCUT2D eigenvalue weighted by atomic mass is 9.95. The van der Waals surface area contributed by atoms with Gasteiger partial charge in [0.05, 0.1) is 13.2 Å². The monoisotopic (exact) mass is 293 g/mol. The van der Waals surface area contributed by atoms with Crippen LogP contribution < -0.4 is 5.32 Å². The summed E-state index contributed by atoms with van der Waals surface area (Å²) in [5.41, 5.74) is 1.40. The molecule has 0 amide bonds. The van der Waals surface area contributed by atoms with Crippen LogP contribution in [0.25, 0.3) is 0 Å². The molecule has 0 radical (unpaired) electrons. The summed E-state index contributed by atoms with van der Waals surface area (Å²) in [7, 11) is 0. The average molecular weight is 293 g/mol. The molecule has 0 unspecified atom stereocenters. The zero-order chi connectivity index (χ0) is 15.6. The maximum atomic E-state index is 11.1. The standard InChI is InChI=1S/C17H27NO3/c1-4-21-16(19)14-20-13-12-18-17(2,3)11-10-15-8-6-5-7-9-15/h5-9,18H,4,10-14H2,1-3H3. The SMILES string of the molecule is CCOC(=O)COCCNC(C)(C)CCc1ccccc1. The van der Waals surface area contributed by atoms with Gasteiger partial charge in [-0.25, -0.2) is 4.79 Å². The first-order valence-electron chi connectivity index (χ1n) is 7.56. The molecule has 0 bridgehead atoms. The van der Waals surface area contributed by atoms with E-state index < -0.39 is 0 Å². The van der Waals surface area contributed by atoms with Crippen molar-refractivity contribution in [3.63, 3.8) is 0 Å². The fourth-order valence-corrected chi connectivity index (χ4v) is 2.01. The van der Waals surface area contributed by atoms with E-state index in [9.17, 15) is 4.79 Å². The van der Waals surface area contributed by atoms with Crippen LogP contribution >= 0.6 is 0 Å². The lowest BCUT2D eigenvalue weighted by molar-refractivity contribution is -0.148. The van der Waals surface area contributed by atoms with E-state index in [-0.39, 0.29) is 18.1 Å². The summed E-state index contributed by atoms with van der Waals surface area (Å²) in [6.45, 7) is 7.80. The number of nitrogens with one attached hydrogen (secondary N) is 1. The number of rotatable bonds is 10. The van der Waals surface area contributed by atoms with Crippen molar-refractivity contribution in [3.8, 4) is 0 Å². The van der Waals surface area contributed by atoms with Gasteiger partial charge in [-0.05, 0) is 39.2 Å². The van der Waals surface area contributed by atoms with Crippen LogP contribution in [0, 0.1) is 0 Å². The number of carbonyl (C=O) groups is 1. The Morgan fingerprint density at radius 1 is 1.24 bits per heavy atom. The molecule has 0 atom stereocenters. The highest BCUT2D eigenvalue weighted by atomic mass is 16.6. The third kappa shape index (κ3) is 8.48. The summed E-state index contributed by atoms with van der Waals surface area (Å²) in [6, 6.07) is 10.5. The van der Waals surface area contributed by atoms with Gasteiger partial charge in [-0.2, -0.15) is 0 Å². The van der Waals surface area contributed by atoms with Crippen molar-refractivity contribution in [2.75, 3.05) is 26.4 Å². The molecule has 0 saturated carbocycles. The summed E-state index contributed by atoms with van der Waals surface area (Å²) in [5.74, 6) is -0.305. The van der Waals surface area contributed by atoms with Gasteiger partial charge in [0.1, 0.15) is 6.61 Å². The molecule has 0 spiro atoms. The second-order valence-electron chi connectivity index (χ2n) is 5.65. The number of ether oxygens (including phenoxy) is 2. The van der Waals surface area contributed by atoms with Gasteiger partial charge in [0.15, 0.2) is 0 Å². The van der Waals surface area contributed by atoms with Crippen LogP contribution in [0.4, 0.5) is 0 Å². The quantitative estimate of drug-likeness (QED) is 0.532. The summed E-state index contributed by atoms with van der Waals surface area (Å²) < 4.78 is 10.1. The van der Waals surface area contributed by atoms with Gasteiger partial charge in [-0.1, -0.05) is 30.3 Å². The largest absolute Gasteiger partial charge is 0.464 e. The first-order chi connectivity index (χ1) is 10.0. The molecule has 1 rings (SSSR count). The first kappa shape index (κ1) is 17.7. The van der Waals surface area contributed by atoms with Crippen LogP contribution in [0.5, 0.6) is 0 Å². The van der Waals surface area contributed by atoms with Crippen molar-refractivity contribution >= 4 is 5.97 Å². The van der Waals surface area contributed by atoms with E-state index in [4.69, 9.17) is 9.47 Å². The van der Waals surface area contributed by atoms with Crippen molar-refractivity contribution in [1.29, 1.82) is 0 Å². The molecular weight excluding hydrogens is 266 g/mol. The molecule has 0 aliphatic carbocycles. The average Bonchev–Trinajstić information content (AvgIpc) is 2.46. The van der Waals surface area contributed by atoms with Crippen molar-refractivity contribution in [2.45, 2.75) is 39.2 Å². The van der Waals surface area contributed by atoms with E-state index in [0.29, 0.717) is 13.2 Å². The van der Waals surface area contributed by atoms with Crippen LogP contribution in [0.3, 0.4) is 0 Å². The number of hydrogen-bond donors (Lipinski definition) is 1. The Balaban J connectivity index is 2.13. The Hall–Kier alpha value is -1.39. The molecule has 0 heterocycles. The molecule has 1 N–H and O–H groups in total. The summed E-state index contributed by atoms with van der Waals surface area (Å²) in [6.07, 6.45) is 2.10. The molecule has 0 aromatic heterocycles. The van der Waals surface area contributed by atoms with Crippen LogP contribution in [-0.2, 0) is 20.7 Å². The summed E-state index contributed by atoms with van der Waals surface area (Å²) in [5, 5.41) is 3.46. The number of hydrogen-bond acceptors (Lipinski definition) is 4. The number of benzene rings is 1. The predicted octanol–water partition coefficient (Wildman–Crippen LogP) is 2.57. The predicted molar refractivity (Wildman–Crippen MR) is 84.3 cm³/mol. The van der Waals surface area contributed by atoms with Gasteiger partial charge in [-0.3, -0.25) is 0 Å². The molecule has 0 aliphatic rings. The van der Waals surface area contributed by atoms with Gasteiger partial charge in [0.2, 0.25) is 0 Å². The minimum atomic E-state index is -0.305. The fourth-order valence-electron chi connectivity index (χ4n) is 2.01. The molecular formula is C17H27NO3. The van der Waals surface area contributed by atoms with Gasteiger partial charge >= 0.3 is 5.97 Å². The van der Waals surface area contributed by atoms with E-state index in [1.54, 1.807) is 6.92 Å². The van der Waals surface area contributed by atoms with Crippen molar-refractivity contribution in [2.24, 2.45) is 0 Å². The minimum absolute atomic E-state index is 0.0277. The molecule has 1 aromatic rings. The highest BCUT2D eigenvalue weighted by Crippen LogP contribution is 2.13. The van der Waals surface area contributed by atoms with Crippen LogP contribution in [0.2, 0.25) is 0 Å². The van der Waals surface area contributed by atoms with E-state index in [1.807, 2.05) is 6.07 Å². The van der Waals surface area contributed by atoms with Crippen LogP contribution in [0.1, 0.15) is 32.8 Å². The molecule has 118 valence electrons. The van der Waals surface area contributed by atoms with Gasteiger partial charge in [0.25, 0.3) is 0 Å². The molecule has 0 saturated heterocycles. The Kier molecular flexibility index (Phi) is 8.01. The summed E-state index contributed by atoms with van der Waals surface area (Å²) in [4.78, 5) is 11.1.